The molecule has 29 heavy (non-hydrogen) atoms. The van der Waals surface area contributed by atoms with Crippen LogP contribution in [0.2, 0.25) is 0 Å². The molecule has 142 valence electrons. The van der Waals surface area contributed by atoms with Gasteiger partial charge in [0.1, 0.15) is 24.7 Å². The second-order valence-corrected chi connectivity index (χ2v) is 6.42. The Balaban J connectivity index is 1.77. The molecule has 1 aliphatic rings. The number of hydrogen-bond donors (Lipinski definition) is 1. The molecule has 0 atom stereocenters. The first kappa shape index (κ1) is 18.1. The van der Waals surface area contributed by atoms with Crippen molar-refractivity contribution in [3.8, 4) is 17.3 Å². The number of nitrogens with zero attached hydrogens (tertiary/aromatic N) is 4. The number of rotatable bonds is 3. The van der Waals surface area contributed by atoms with Crippen molar-refractivity contribution in [1.29, 1.82) is 5.26 Å². The minimum atomic E-state index is -0.572. The smallest absolute Gasteiger partial charge is 0.269 e. The molecule has 0 saturated carbocycles. The van der Waals surface area contributed by atoms with Gasteiger partial charge in [0.15, 0.2) is 0 Å². The van der Waals surface area contributed by atoms with Gasteiger partial charge in [0.25, 0.3) is 5.56 Å². The molecule has 2 aromatic heterocycles. The molecule has 8 heteroatoms. The predicted molar refractivity (Wildman–Crippen MR) is 106 cm³/mol. The Kier molecular flexibility index (Phi) is 4.63. The van der Waals surface area contributed by atoms with E-state index >= 15 is 0 Å². The maximum Gasteiger partial charge on any atom is 0.269 e. The lowest BCUT2D eigenvalue weighted by Gasteiger charge is -2.29. The van der Waals surface area contributed by atoms with E-state index in [1.165, 1.54) is 15.5 Å². The number of aromatic nitrogens is 2. The predicted octanol–water partition coefficient (Wildman–Crippen LogP) is 1.77. The van der Waals surface area contributed by atoms with Crippen LogP contribution in [0.5, 0.6) is 0 Å². The van der Waals surface area contributed by atoms with E-state index < -0.39 is 11.5 Å². The maximum absolute atomic E-state index is 13.1. The monoisotopic (exact) mass is 385 g/mol. The van der Waals surface area contributed by atoms with Gasteiger partial charge >= 0.3 is 0 Å². The molecule has 0 bridgehead atoms. The van der Waals surface area contributed by atoms with E-state index in [9.17, 15) is 19.6 Å². The maximum atomic E-state index is 13.1. The second kappa shape index (κ2) is 7.40. The minimum Gasteiger partial charge on any atom is -0.323 e. The van der Waals surface area contributed by atoms with Gasteiger partial charge in [-0.2, -0.15) is 5.26 Å². The molecule has 3 heterocycles. The van der Waals surface area contributed by atoms with Crippen molar-refractivity contribution in [3.05, 3.63) is 76.8 Å². The van der Waals surface area contributed by atoms with Crippen molar-refractivity contribution in [2.45, 2.75) is 6.54 Å². The highest BCUT2D eigenvalue weighted by molar-refractivity contribution is 6.09. The highest BCUT2D eigenvalue weighted by Crippen LogP contribution is 2.29. The molecular weight excluding hydrogens is 370 g/mol. The summed E-state index contributed by atoms with van der Waals surface area (Å²) in [6.45, 7) is -0.467. The number of nitrogens with one attached hydrogen (secondary N) is 1. The van der Waals surface area contributed by atoms with E-state index in [1.54, 1.807) is 54.9 Å². The van der Waals surface area contributed by atoms with Crippen molar-refractivity contribution in [1.82, 2.24) is 9.55 Å². The third-order valence-electron chi connectivity index (χ3n) is 4.62. The Hall–Kier alpha value is -4.25. The van der Waals surface area contributed by atoms with Crippen LogP contribution in [-0.2, 0) is 16.1 Å². The van der Waals surface area contributed by atoms with Crippen molar-refractivity contribution in [2.75, 3.05) is 16.8 Å². The minimum absolute atomic E-state index is 0.0674. The summed E-state index contributed by atoms with van der Waals surface area (Å²) in [5, 5.41) is 12.0. The number of anilines is 2. The molecule has 3 aromatic rings. The molecule has 0 aliphatic carbocycles. The normalized spacial score (nSPS) is 12.7. The second-order valence-electron chi connectivity index (χ2n) is 6.42. The number of pyridine rings is 2. The summed E-state index contributed by atoms with van der Waals surface area (Å²) in [5.74, 6) is -0.753. The van der Waals surface area contributed by atoms with E-state index in [4.69, 9.17) is 0 Å². The number of fused-ring (bicyclic) bond motifs is 1. The molecule has 1 aliphatic heterocycles. The van der Waals surface area contributed by atoms with Crippen LogP contribution in [0, 0.1) is 11.3 Å². The fourth-order valence-corrected chi connectivity index (χ4v) is 3.26. The average Bonchev–Trinajstić information content (AvgIpc) is 2.75. The summed E-state index contributed by atoms with van der Waals surface area (Å²) in [5.41, 5.74) is 1.55. The van der Waals surface area contributed by atoms with E-state index in [2.05, 4.69) is 10.3 Å². The number of carbonyl (C=O) groups is 2. The number of para-hydroxylation sites is 2. The fraction of sp³-hybridized carbons (Fsp3) is 0.0952. The zero-order valence-corrected chi connectivity index (χ0v) is 15.2. The van der Waals surface area contributed by atoms with Crippen LogP contribution >= 0.6 is 0 Å². The molecule has 0 unspecified atom stereocenters. The summed E-state index contributed by atoms with van der Waals surface area (Å²) < 4.78 is 1.24. The first-order valence-electron chi connectivity index (χ1n) is 8.82. The Bertz CT molecular complexity index is 1210. The molecule has 1 N–H and O–H groups in total. The van der Waals surface area contributed by atoms with Gasteiger partial charge in [-0.15, -0.1) is 0 Å². The molecule has 0 spiro atoms. The largest absolute Gasteiger partial charge is 0.323 e. The van der Waals surface area contributed by atoms with Gasteiger partial charge in [-0.25, -0.2) is 0 Å². The van der Waals surface area contributed by atoms with Crippen LogP contribution in [0.1, 0.15) is 5.56 Å². The van der Waals surface area contributed by atoms with Crippen molar-refractivity contribution in [2.24, 2.45) is 0 Å². The van der Waals surface area contributed by atoms with E-state index in [0.29, 0.717) is 22.6 Å². The Morgan fingerprint density at radius 1 is 1.14 bits per heavy atom. The molecule has 0 saturated heterocycles. The lowest BCUT2D eigenvalue weighted by Crippen LogP contribution is -2.44. The number of hydrogen-bond acceptors (Lipinski definition) is 5. The van der Waals surface area contributed by atoms with Gasteiger partial charge in [-0.1, -0.05) is 12.1 Å². The van der Waals surface area contributed by atoms with Gasteiger partial charge in [0.2, 0.25) is 11.8 Å². The molecule has 1 aromatic carbocycles. The van der Waals surface area contributed by atoms with E-state index in [1.807, 2.05) is 6.07 Å². The Morgan fingerprint density at radius 2 is 1.97 bits per heavy atom. The molecule has 0 fully saturated rings. The lowest BCUT2D eigenvalue weighted by atomic mass is 10.1. The zero-order valence-electron chi connectivity index (χ0n) is 15.2. The van der Waals surface area contributed by atoms with Crippen molar-refractivity contribution < 1.29 is 9.59 Å². The van der Waals surface area contributed by atoms with E-state index in [0.717, 1.165) is 0 Å². The Labute approximate surface area is 165 Å². The quantitative estimate of drug-likeness (QED) is 0.739. The standard InChI is InChI=1S/C21H15N5O3/c22-10-14-7-8-17(15-4-3-9-23-11-15)26(21(14)29)13-20(28)25-12-19(27)24-16-5-1-2-6-18(16)25/h1-9,11H,12-13H2,(H,24,27). The lowest BCUT2D eigenvalue weighted by molar-refractivity contribution is -0.122. The summed E-state index contributed by atoms with van der Waals surface area (Å²) >= 11 is 0. The summed E-state index contributed by atoms with van der Waals surface area (Å²) in [6.07, 6.45) is 3.18. The van der Waals surface area contributed by atoms with Crippen LogP contribution < -0.4 is 15.8 Å². The summed E-state index contributed by atoms with van der Waals surface area (Å²) in [4.78, 5) is 43.3. The molecule has 4 rings (SSSR count). The average molecular weight is 385 g/mol. The topological polar surface area (TPSA) is 108 Å². The van der Waals surface area contributed by atoms with Crippen LogP contribution in [0.25, 0.3) is 11.3 Å². The highest BCUT2D eigenvalue weighted by Gasteiger charge is 2.27. The third-order valence-corrected chi connectivity index (χ3v) is 4.62. The molecular formula is C21H15N5O3. The number of benzene rings is 1. The first-order chi connectivity index (χ1) is 14.1. The van der Waals surface area contributed by atoms with Gasteiger partial charge < -0.3 is 5.32 Å². The van der Waals surface area contributed by atoms with Crippen LogP contribution in [0.15, 0.2) is 65.7 Å². The third kappa shape index (κ3) is 3.37. The van der Waals surface area contributed by atoms with Crippen LogP contribution in [0.3, 0.4) is 0 Å². The summed E-state index contributed by atoms with van der Waals surface area (Å²) in [7, 11) is 0. The number of nitriles is 1. The van der Waals surface area contributed by atoms with Gasteiger partial charge in [-0.05, 0) is 36.4 Å². The SMILES string of the molecule is N#Cc1ccc(-c2cccnc2)n(CC(=O)N2CC(=O)Nc3ccccc32)c1=O. The van der Waals surface area contributed by atoms with Gasteiger partial charge in [-0.3, -0.25) is 28.8 Å². The molecule has 2 amide bonds. The fourth-order valence-electron chi connectivity index (χ4n) is 3.26. The first-order valence-corrected chi connectivity index (χ1v) is 8.82. The molecule has 0 radical (unpaired) electrons. The summed E-state index contributed by atoms with van der Waals surface area (Å²) in [6, 6.07) is 15.3. The number of amides is 2. The highest BCUT2D eigenvalue weighted by atomic mass is 16.2. The van der Waals surface area contributed by atoms with Gasteiger partial charge in [0, 0.05) is 18.0 Å². The van der Waals surface area contributed by atoms with Crippen LogP contribution in [0.4, 0.5) is 11.4 Å². The van der Waals surface area contributed by atoms with Crippen molar-refractivity contribution >= 4 is 23.2 Å². The van der Waals surface area contributed by atoms with E-state index in [-0.39, 0.29) is 24.6 Å². The van der Waals surface area contributed by atoms with Crippen molar-refractivity contribution in [3.63, 3.8) is 0 Å². The van der Waals surface area contributed by atoms with Crippen LogP contribution in [-0.4, -0.2) is 27.9 Å². The number of carbonyl (C=O) groups excluding carboxylic acids is 2. The Morgan fingerprint density at radius 3 is 2.72 bits per heavy atom. The molecule has 8 nitrogen and oxygen atoms in total. The zero-order chi connectivity index (χ0) is 20.4. The van der Waals surface area contributed by atoms with Gasteiger partial charge in [0.05, 0.1) is 17.1 Å².